The van der Waals surface area contributed by atoms with Gasteiger partial charge in [-0.05, 0) is 25.7 Å². The van der Waals surface area contributed by atoms with E-state index in [1.54, 1.807) is 4.90 Å². The minimum atomic E-state index is -0.787. The van der Waals surface area contributed by atoms with Crippen LogP contribution in [0.1, 0.15) is 58.8 Å². The van der Waals surface area contributed by atoms with Crippen LogP contribution in [0, 0.1) is 5.41 Å². The van der Waals surface area contributed by atoms with E-state index >= 15 is 0 Å². The molecule has 3 N–H and O–H groups in total. The molecule has 1 aliphatic rings. The van der Waals surface area contributed by atoms with Crippen LogP contribution in [0.3, 0.4) is 0 Å². The van der Waals surface area contributed by atoms with Gasteiger partial charge in [0.15, 0.2) is 5.84 Å². The highest BCUT2D eigenvalue weighted by molar-refractivity contribution is 6.06. The van der Waals surface area contributed by atoms with Crippen molar-refractivity contribution in [3.63, 3.8) is 0 Å². The van der Waals surface area contributed by atoms with E-state index in [4.69, 9.17) is 10.9 Å². The number of carbonyl (C=O) groups excluding carboxylic acids is 1. The number of hydrogen-bond acceptors (Lipinski definition) is 3. The van der Waals surface area contributed by atoms with E-state index in [-0.39, 0.29) is 17.8 Å². The first-order valence-corrected chi connectivity index (χ1v) is 7.28. The zero-order valence-electron chi connectivity index (χ0n) is 12.4. The fraction of sp³-hybridized carbons (Fsp3) is 0.857. The second-order valence-corrected chi connectivity index (χ2v) is 5.51. The smallest absolute Gasteiger partial charge is 0.236 e. The molecule has 0 aliphatic heterocycles. The molecule has 0 atom stereocenters. The van der Waals surface area contributed by atoms with Gasteiger partial charge in [0.25, 0.3) is 0 Å². The number of amides is 1. The fourth-order valence-corrected chi connectivity index (χ4v) is 3.17. The Morgan fingerprint density at radius 3 is 2.26 bits per heavy atom. The molecule has 1 amide bonds. The van der Waals surface area contributed by atoms with E-state index in [2.05, 4.69) is 19.0 Å². The van der Waals surface area contributed by atoms with Crippen molar-refractivity contribution in [1.82, 2.24) is 4.90 Å². The van der Waals surface area contributed by atoms with Gasteiger partial charge in [-0.25, -0.2) is 0 Å². The van der Waals surface area contributed by atoms with Crippen LogP contribution in [0.4, 0.5) is 0 Å². The molecule has 1 fully saturated rings. The number of rotatable bonds is 5. The van der Waals surface area contributed by atoms with Gasteiger partial charge in [0.05, 0.1) is 0 Å². The predicted molar refractivity (Wildman–Crippen MR) is 76.1 cm³/mol. The minimum absolute atomic E-state index is 0.0104. The molecule has 0 aromatic carbocycles. The Hall–Kier alpha value is -1.26. The molecule has 1 rings (SSSR count). The van der Waals surface area contributed by atoms with E-state index < -0.39 is 5.41 Å². The predicted octanol–water partition coefficient (Wildman–Crippen LogP) is 2.33. The normalized spacial score (nSPS) is 19.5. The SMILES string of the molecule is CCC(CC)N(C)C(=O)C1(C(N)=NO)CCCCC1. The van der Waals surface area contributed by atoms with E-state index in [9.17, 15) is 4.79 Å². The van der Waals surface area contributed by atoms with Crippen LogP contribution < -0.4 is 5.73 Å². The van der Waals surface area contributed by atoms with Crippen molar-refractivity contribution >= 4 is 11.7 Å². The van der Waals surface area contributed by atoms with E-state index in [1.165, 1.54) is 0 Å². The van der Waals surface area contributed by atoms with Crippen molar-refractivity contribution in [3.05, 3.63) is 0 Å². The standard InChI is InChI=1S/C14H27N3O2/c1-4-11(5-2)17(3)13(18)14(12(15)16-19)9-7-6-8-10-14/h11,19H,4-10H2,1-3H3,(H2,15,16). The lowest BCUT2D eigenvalue weighted by Gasteiger charge is -2.39. The fourth-order valence-electron chi connectivity index (χ4n) is 3.17. The van der Waals surface area contributed by atoms with Crippen LogP contribution in [0.5, 0.6) is 0 Å². The lowest BCUT2D eigenvalue weighted by molar-refractivity contribution is -0.141. The zero-order valence-corrected chi connectivity index (χ0v) is 12.4. The molecule has 0 aromatic heterocycles. The summed E-state index contributed by atoms with van der Waals surface area (Å²) in [6.07, 6.45) is 6.24. The van der Waals surface area contributed by atoms with E-state index in [0.29, 0.717) is 12.8 Å². The van der Waals surface area contributed by atoms with Gasteiger partial charge in [0.2, 0.25) is 5.91 Å². The van der Waals surface area contributed by atoms with Gasteiger partial charge >= 0.3 is 0 Å². The van der Waals surface area contributed by atoms with Gasteiger partial charge in [0, 0.05) is 13.1 Å². The highest BCUT2D eigenvalue weighted by atomic mass is 16.4. The Labute approximate surface area is 115 Å². The Kier molecular flexibility index (Phi) is 5.63. The maximum absolute atomic E-state index is 12.8. The summed E-state index contributed by atoms with van der Waals surface area (Å²) in [6, 6.07) is 0.220. The van der Waals surface area contributed by atoms with Gasteiger partial charge in [0.1, 0.15) is 5.41 Å². The van der Waals surface area contributed by atoms with Crippen LogP contribution in [0.15, 0.2) is 5.16 Å². The van der Waals surface area contributed by atoms with Crippen molar-refractivity contribution in [1.29, 1.82) is 0 Å². The second-order valence-electron chi connectivity index (χ2n) is 5.51. The van der Waals surface area contributed by atoms with Gasteiger partial charge in [-0.1, -0.05) is 38.3 Å². The second kappa shape index (κ2) is 6.78. The number of nitrogens with zero attached hydrogens (tertiary/aromatic N) is 2. The molecule has 19 heavy (non-hydrogen) atoms. The molecule has 5 nitrogen and oxygen atoms in total. The topological polar surface area (TPSA) is 78.9 Å². The first-order valence-electron chi connectivity index (χ1n) is 7.28. The molecule has 0 unspecified atom stereocenters. The molecule has 0 radical (unpaired) electrons. The average Bonchev–Trinajstić information content (AvgIpc) is 2.47. The molecule has 0 spiro atoms. The van der Waals surface area contributed by atoms with Crippen LogP contribution in [0.2, 0.25) is 0 Å². The quantitative estimate of drug-likeness (QED) is 0.348. The van der Waals surface area contributed by atoms with Crippen molar-refractivity contribution < 1.29 is 10.0 Å². The molecular formula is C14H27N3O2. The van der Waals surface area contributed by atoms with Gasteiger partial charge in [-0.2, -0.15) is 0 Å². The summed E-state index contributed by atoms with van der Waals surface area (Å²) in [5.74, 6) is 0.0891. The third kappa shape index (κ3) is 3.01. The van der Waals surface area contributed by atoms with Crippen molar-refractivity contribution in [2.24, 2.45) is 16.3 Å². The molecule has 110 valence electrons. The highest BCUT2D eigenvalue weighted by Gasteiger charge is 2.46. The molecule has 1 aliphatic carbocycles. The zero-order chi connectivity index (χ0) is 14.5. The number of nitrogens with two attached hydrogens (primary N) is 1. The van der Waals surface area contributed by atoms with Gasteiger partial charge < -0.3 is 15.8 Å². The summed E-state index contributed by atoms with van der Waals surface area (Å²) >= 11 is 0. The molecule has 0 saturated heterocycles. The third-order valence-electron chi connectivity index (χ3n) is 4.53. The summed E-state index contributed by atoms with van der Waals surface area (Å²) in [5.41, 5.74) is 5.07. The van der Waals surface area contributed by atoms with Crippen LogP contribution in [-0.4, -0.2) is 34.9 Å². The van der Waals surface area contributed by atoms with Crippen molar-refractivity contribution in [2.75, 3.05) is 7.05 Å². The van der Waals surface area contributed by atoms with Gasteiger partial charge in [-0.15, -0.1) is 0 Å². The lowest BCUT2D eigenvalue weighted by atomic mass is 9.72. The number of carbonyl (C=O) groups is 1. The largest absolute Gasteiger partial charge is 0.409 e. The molecule has 0 heterocycles. The van der Waals surface area contributed by atoms with Crippen molar-refractivity contribution in [2.45, 2.75) is 64.8 Å². The Balaban J connectivity index is 3.01. The number of amidine groups is 1. The third-order valence-corrected chi connectivity index (χ3v) is 4.53. The summed E-state index contributed by atoms with van der Waals surface area (Å²) in [4.78, 5) is 14.6. The first kappa shape index (κ1) is 15.8. The Morgan fingerprint density at radius 1 is 1.32 bits per heavy atom. The highest BCUT2D eigenvalue weighted by Crippen LogP contribution is 2.38. The lowest BCUT2D eigenvalue weighted by Crippen LogP contribution is -2.53. The summed E-state index contributed by atoms with van der Waals surface area (Å²) in [7, 11) is 1.83. The monoisotopic (exact) mass is 269 g/mol. The first-order chi connectivity index (χ1) is 9.03. The van der Waals surface area contributed by atoms with Gasteiger partial charge in [-0.3, -0.25) is 4.79 Å². The number of oxime groups is 1. The summed E-state index contributed by atoms with van der Waals surface area (Å²) in [6.45, 7) is 4.16. The van der Waals surface area contributed by atoms with E-state index in [1.807, 2.05) is 7.05 Å². The summed E-state index contributed by atoms with van der Waals surface area (Å²) < 4.78 is 0. The molecule has 0 bridgehead atoms. The summed E-state index contributed by atoms with van der Waals surface area (Å²) in [5, 5.41) is 12.2. The average molecular weight is 269 g/mol. The molecule has 1 saturated carbocycles. The van der Waals surface area contributed by atoms with Crippen LogP contribution >= 0.6 is 0 Å². The molecule has 0 aromatic rings. The Bertz CT molecular complexity index is 332. The maximum atomic E-state index is 12.8. The minimum Gasteiger partial charge on any atom is -0.409 e. The maximum Gasteiger partial charge on any atom is 0.236 e. The number of hydrogen-bond donors (Lipinski definition) is 2. The molecular weight excluding hydrogens is 242 g/mol. The van der Waals surface area contributed by atoms with E-state index in [0.717, 1.165) is 32.1 Å². The van der Waals surface area contributed by atoms with Crippen molar-refractivity contribution in [3.8, 4) is 0 Å². The van der Waals surface area contributed by atoms with Crippen LogP contribution in [-0.2, 0) is 4.79 Å². The Morgan fingerprint density at radius 2 is 1.84 bits per heavy atom. The van der Waals surface area contributed by atoms with Crippen LogP contribution in [0.25, 0.3) is 0 Å². The molecule has 5 heteroatoms.